The van der Waals surface area contributed by atoms with Gasteiger partial charge in [0.15, 0.2) is 0 Å². The number of rotatable bonds is 2. The van der Waals surface area contributed by atoms with Gasteiger partial charge in [0.2, 0.25) is 0 Å². The molecule has 0 radical (unpaired) electrons. The highest BCUT2D eigenvalue weighted by Crippen LogP contribution is 2.19. The number of carbonyl (C=O) groups is 1. The number of amides is 1. The van der Waals surface area contributed by atoms with Gasteiger partial charge in [-0.1, -0.05) is 11.6 Å². The van der Waals surface area contributed by atoms with Gasteiger partial charge >= 0.3 is 6.18 Å². The van der Waals surface area contributed by atoms with Crippen molar-refractivity contribution in [1.29, 1.82) is 0 Å². The number of benzene rings is 1. The predicted molar refractivity (Wildman–Crippen MR) is 59.2 cm³/mol. The first kappa shape index (κ1) is 13.8. The second kappa shape index (κ2) is 4.96. The second-order valence-electron chi connectivity index (χ2n) is 3.74. The molecule has 0 N–H and O–H groups in total. The summed E-state index contributed by atoms with van der Waals surface area (Å²) in [5.41, 5.74) is 0.844. The van der Waals surface area contributed by atoms with E-state index in [9.17, 15) is 18.0 Å². The molecule has 0 aliphatic heterocycles. The van der Waals surface area contributed by atoms with Crippen molar-refractivity contribution in [2.75, 3.05) is 13.6 Å². The molecule has 1 amide bonds. The lowest BCUT2D eigenvalue weighted by Gasteiger charge is -2.19. The molecule has 17 heavy (non-hydrogen) atoms. The van der Waals surface area contributed by atoms with E-state index in [4.69, 9.17) is 11.6 Å². The number of hydrogen-bond donors (Lipinski definition) is 0. The Kier molecular flexibility index (Phi) is 4.03. The Morgan fingerprint density at radius 2 is 2.00 bits per heavy atom. The quantitative estimate of drug-likeness (QED) is 0.804. The Morgan fingerprint density at radius 3 is 2.47 bits per heavy atom. The van der Waals surface area contributed by atoms with Gasteiger partial charge in [0.25, 0.3) is 5.91 Å². The number of aryl methyl sites for hydroxylation is 1. The van der Waals surface area contributed by atoms with Crippen molar-refractivity contribution in [2.45, 2.75) is 13.1 Å². The van der Waals surface area contributed by atoms with E-state index in [-0.39, 0.29) is 5.56 Å². The molecule has 0 saturated carbocycles. The van der Waals surface area contributed by atoms with Crippen LogP contribution in [-0.2, 0) is 0 Å². The van der Waals surface area contributed by atoms with E-state index in [0.29, 0.717) is 15.5 Å². The molecular formula is C11H11ClF3NO. The van der Waals surface area contributed by atoms with Crippen LogP contribution in [0.25, 0.3) is 0 Å². The van der Waals surface area contributed by atoms with Crippen LogP contribution in [0.5, 0.6) is 0 Å². The summed E-state index contributed by atoms with van der Waals surface area (Å²) in [5.74, 6) is -0.679. The number of nitrogens with zero attached hydrogens (tertiary/aromatic N) is 1. The molecule has 0 fully saturated rings. The third kappa shape index (κ3) is 3.93. The minimum atomic E-state index is -4.40. The molecule has 94 valence electrons. The summed E-state index contributed by atoms with van der Waals surface area (Å²) >= 11 is 5.77. The Morgan fingerprint density at radius 1 is 1.41 bits per heavy atom. The maximum absolute atomic E-state index is 12.1. The predicted octanol–water partition coefficient (Wildman–Crippen LogP) is 3.28. The Balaban J connectivity index is 2.85. The number of alkyl halides is 3. The minimum absolute atomic E-state index is 0.193. The van der Waals surface area contributed by atoms with Gasteiger partial charge < -0.3 is 4.90 Å². The molecule has 0 unspecified atom stereocenters. The van der Waals surface area contributed by atoms with Crippen molar-refractivity contribution < 1.29 is 18.0 Å². The molecule has 0 spiro atoms. The Labute approximate surface area is 102 Å². The van der Waals surface area contributed by atoms with Crippen molar-refractivity contribution in [3.05, 3.63) is 34.3 Å². The van der Waals surface area contributed by atoms with Crippen LogP contribution in [0.15, 0.2) is 18.2 Å². The highest BCUT2D eigenvalue weighted by molar-refractivity contribution is 6.31. The average Bonchev–Trinajstić information content (AvgIpc) is 2.18. The van der Waals surface area contributed by atoms with E-state index in [1.54, 1.807) is 6.92 Å². The first-order valence-corrected chi connectivity index (χ1v) is 5.17. The van der Waals surface area contributed by atoms with E-state index < -0.39 is 18.6 Å². The molecule has 6 heteroatoms. The van der Waals surface area contributed by atoms with E-state index in [0.717, 1.165) is 7.05 Å². The summed E-state index contributed by atoms with van der Waals surface area (Å²) in [6.45, 7) is 0.413. The van der Waals surface area contributed by atoms with Crippen LogP contribution in [0.4, 0.5) is 13.2 Å². The van der Waals surface area contributed by atoms with Gasteiger partial charge in [-0.15, -0.1) is 0 Å². The molecule has 1 aromatic rings. The average molecular weight is 266 g/mol. The molecular weight excluding hydrogens is 255 g/mol. The van der Waals surface area contributed by atoms with Gasteiger partial charge in [-0.25, -0.2) is 0 Å². The maximum atomic E-state index is 12.1. The molecule has 1 aromatic carbocycles. The third-order valence-corrected chi connectivity index (χ3v) is 2.59. The van der Waals surface area contributed by atoms with E-state index in [2.05, 4.69) is 0 Å². The monoisotopic (exact) mass is 265 g/mol. The summed E-state index contributed by atoms with van der Waals surface area (Å²) in [6.07, 6.45) is -4.40. The van der Waals surface area contributed by atoms with Crippen molar-refractivity contribution >= 4 is 17.5 Å². The standard InChI is InChI=1S/C11H11ClF3NO/c1-7-5-8(3-4-9(7)12)10(17)16(2)6-11(13,14)15/h3-5H,6H2,1-2H3. The Hall–Kier alpha value is -1.23. The number of halogens is 4. The normalized spacial score (nSPS) is 11.4. The summed E-state index contributed by atoms with van der Waals surface area (Å²) in [5, 5.41) is 0.472. The van der Waals surface area contributed by atoms with Gasteiger partial charge in [0.1, 0.15) is 6.54 Å². The smallest absolute Gasteiger partial charge is 0.333 e. The lowest BCUT2D eigenvalue weighted by molar-refractivity contribution is -0.138. The fourth-order valence-electron chi connectivity index (χ4n) is 1.34. The summed E-state index contributed by atoms with van der Waals surface area (Å²) in [7, 11) is 1.11. The van der Waals surface area contributed by atoms with Crippen molar-refractivity contribution in [3.8, 4) is 0 Å². The summed E-state index contributed by atoms with van der Waals surface area (Å²) in [4.78, 5) is 12.3. The fourth-order valence-corrected chi connectivity index (χ4v) is 1.46. The van der Waals surface area contributed by atoms with Gasteiger partial charge in [0, 0.05) is 17.6 Å². The fraction of sp³-hybridized carbons (Fsp3) is 0.364. The highest BCUT2D eigenvalue weighted by Gasteiger charge is 2.31. The lowest BCUT2D eigenvalue weighted by Crippen LogP contribution is -2.35. The van der Waals surface area contributed by atoms with Gasteiger partial charge in [0.05, 0.1) is 0 Å². The lowest BCUT2D eigenvalue weighted by atomic mass is 10.1. The van der Waals surface area contributed by atoms with Crippen LogP contribution in [0.1, 0.15) is 15.9 Å². The zero-order valence-electron chi connectivity index (χ0n) is 9.31. The van der Waals surface area contributed by atoms with Crippen molar-refractivity contribution in [2.24, 2.45) is 0 Å². The van der Waals surface area contributed by atoms with Gasteiger partial charge in [-0.3, -0.25) is 4.79 Å². The van der Waals surface area contributed by atoms with Gasteiger partial charge in [-0.05, 0) is 30.7 Å². The molecule has 2 nitrogen and oxygen atoms in total. The van der Waals surface area contributed by atoms with Crippen LogP contribution in [0.3, 0.4) is 0 Å². The first-order valence-electron chi connectivity index (χ1n) is 4.79. The van der Waals surface area contributed by atoms with Crippen molar-refractivity contribution in [3.63, 3.8) is 0 Å². The van der Waals surface area contributed by atoms with Crippen LogP contribution in [0.2, 0.25) is 5.02 Å². The van der Waals surface area contributed by atoms with Crippen LogP contribution in [0, 0.1) is 6.92 Å². The topological polar surface area (TPSA) is 20.3 Å². The van der Waals surface area contributed by atoms with E-state index >= 15 is 0 Å². The number of carbonyl (C=O) groups excluding carboxylic acids is 1. The summed E-state index contributed by atoms with van der Waals surface area (Å²) < 4.78 is 36.3. The van der Waals surface area contributed by atoms with E-state index in [1.807, 2.05) is 0 Å². The molecule has 0 aliphatic rings. The molecule has 0 bridgehead atoms. The van der Waals surface area contributed by atoms with Gasteiger partial charge in [-0.2, -0.15) is 13.2 Å². The molecule has 0 heterocycles. The zero-order valence-corrected chi connectivity index (χ0v) is 10.1. The molecule has 0 aromatic heterocycles. The highest BCUT2D eigenvalue weighted by atomic mass is 35.5. The maximum Gasteiger partial charge on any atom is 0.406 e. The summed E-state index contributed by atoms with van der Waals surface area (Å²) in [6, 6.07) is 4.37. The third-order valence-electron chi connectivity index (χ3n) is 2.17. The van der Waals surface area contributed by atoms with Crippen LogP contribution in [-0.4, -0.2) is 30.6 Å². The minimum Gasteiger partial charge on any atom is -0.333 e. The SMILES string of the molecule is Cc1cc(C(=O)N(C)CC(F)(F)F)ccc1Cl. The van der Waals surface area contributed by atoms with Crippen LogP contribution < -0.4 is 0 Å². The Bertz CT molecular complexity index is 431. The van der Waals surface area contributed by atoms with E-state index in [1.165, 1.54) is 18.2 Å². The molecule has 1 rings (SSSR count). The first-order chi connectivity index (χ1) is 7.70. The number of hydrogen-bond acceptors (Lipinski definition) is 1. The molecule has 0 atom stereocenters. The largest absolute Gasteiger partial charge is 0.406 e. The molecule has 0 aliphatic carbocycles. The zero-order chi connectivity index (χ0) is 13.2. The van der Waals surface area contributed by atoms with Crippen molar-refractivity contribution in [1.82, 2.24) is 4.90 Å². The van der Waals surface area contributed by atoms with Crippen LogP contribution >= 0.6 is 11.6 Å². The molecule has 0 saturated heterocycles. The second-order valence-corrected chi connectivity index (χ2v) is 4.15.